The van der Waals surface area contributed by atoms with Gasteiger partial charge >= 0.3 is 0 Å². The molecule has 1 amide bonds. The topological polar surface area (TPSA) is 47.3 Å². The maximum absolute atomic E-state index is 11.5. The highest BCUT2D eigenvalue weighted by Crippen LogP contribution is 2.07. The molecule has 0 radical (unpaired) electrons. The molecule has 4 nitrogen and oxygen atoms in total. The summed E-state index contributed by atoms with van der Waals surface area (Å²) in [6.07, 6.45) is 0.515. The lowest BCUT2D eigenvalue weighted by molar-refractivity contribution is -0.129. The molecule has 96 valence electrons. The highest BCUT2D eigenvalue weighted by Gasteiger charge is 2.07. The number of carbonyl (C=O) groups excluding carboxylic acids is 1. The minimum atomic E-state index is 0.132. The lowest BCUT2D eigenvalue weighted by Crippen LogP contribution is -2.27. The number of hydrogen-bond donors (Lipinski definition) is 0. The highest BCUT2D eigenvalue weighted by molar-refractivity contribution is 5.75. The van der Waals surface area contributed by atoms with Gasteiger partial charge in [-0.1, -0.05) is 12.1 Å². The molecule has 1 aromatic rings. The van der Waals surface area contributed by atoms with Crippen molar-refractivity contribution in [3.05, 3.63) is 35.4 Å². The molecule has 0 N–H and O–H groups in total. The Hall–Kier alpha value is -1.86. The summed E-state index contributed by atoms with van der Waals surface area (Å²) < 4.78 is 0. The van der Waals surface area contributed by atoms with Gasteiger partial charge in [-0.25, -0.2) is 0 Å². The number of benzene rings is 1. The van der Waals surface area contributed by atoms with E-state index in [1.807, 2.05) is 25.2 Å². The van der Waals surface area contributed by atoms with Crippen LogP contribution in [0.5, 0.6) is 0 Å². The zero-order valence-corrected chi connectivity index (χ0v) is 11.2. The Morgan fingerprint density at radius 3 is 2.67 bits per heavy atom. The predicted octanol–water partition coefficient (Wildman–Crippen LogP) is 1.47. The number of nitrogens with zero attached hydrogens (tertiary/aromatic N) is 3. The Kier molecular flexibility index (Phi) is 5.34. The van der Waals surface area contributed by atoms with E-state index in [-0.39, 0.29) is 5.91 Å². The molecule has 0 bridgehead atoms. The molecule has 18 heavy (non-hydrogen) atoms. The van der Waals surface area contributed by atoms with Crippen molar-refractivity contribution in [2.24, 2.45) is 0 Å². The van der Waals surface area contributed by atoms with Crippen LogP contribution >= 0.6 is 0 Å². The summed E-state index contributed by atoms with van der Waals surface area (Å²) in [5.74, 6) is 0.132. The molecular formula is C14H19N3O. The van der Waals surface area contributed by atoms with Gasteiger partial charge in [0, 0.05) is 33.6 Å². The van der Waals surface area contributed by atoms with Crippen molar-refractivity contribution < 1.29 is 4.79 Å². The molecular weight excluding hydrogens is 226 g/mol. The summed E-state index contributed by atoms with van der Waals surface area (Å²) in [6, 6.07) is 9.67. The van der Waals surface area contributed by atoms with Crippen LogP contribution in [-0.2, 0) is 11.3 Å². The number of carbonyl (C=O) groups is 1. The minimum Gasteiger partial charge on any atom is -0.349 e. The van der Waals surface area contributed by atoms with Gasteiger partial charge in [-0.05, 0) is 24.7 Å². The number of rotatable bonds is 5. The lowest BCUT2D eigenvalue weighted by Gasteiger charge is -2.18. The second kappa shape index (κ2) is 6.77. The fraction of sp³-hybridized carbons (Fsp3) is 0.429. The largest absolute Gasteiger partial charge is 0.349 e. The van der Waals surface area contributed by atoms with Crippen molar-refractivity contribution >= 4 is 5.91 Å². The summed E-state index contributed by atoms with van der Waals surface area (Å²) in [5.41, 5.74) is 1.76. The first-order chi connectivity index (χ1) is 8.52. The Labute approximate surface area is 108 Å². The summed E-state index contributed by atoms with van der Waals surface area (Å²) in [7, 11) is 5.50. The molecule has 0 spiro atoms. The molecule has 0 aliphatic carbocycles. The van der Waals surface area contributed by atoms with Crippen molar-refractivity contribution in [2.45, 2.75) is 13.0 Å². The average Bonchev–Trinajstić information content (AvgIpc) is 2.36. The fourth-order valence-corrected chi connectivity index (χ4v) is 1.64. The zero-order valence-electron chi connectivity index (χ0n) is 11.2. The second-order valence-electron chi connectivity index (χ2n) is 4.59. The van der Waals surface area contributed by atoms with E-state index in [4.69, 9.17) is 5.26 Å². The lowest BCUT2D eigenvalue weighted by atomic mass is 10.1. The van der Waals surface area contributed by atoms with Gasteiger partial charge in [0.25, 0.3) is 0 Å². The Balaban J connectivity index is 2.47. The minimum absolute atomic E-state index is 0.132. The van der Waals surface area contributed by atoms with E-state index in [0.717, 1.165) is 12.1 Å². The summed E-state index contributed by atoms with van der Waals surface area (Å²) in [4.78, 5) is 15.1. The highest BCUT2D eigenvalue weighted by atomic mass is 16.2. The van der Waals surface area contributed by atoms with Crippen LogP contribution in [0.4, 0.5) is 0 Å². The third-order valence-electron chi connectivity index (χ3n) is 2.71. The molecule has 0 aliphatic rings. The molecule has 0 fully saturated rings. The van der Waals surface area contributed by atoms with Gasteiger partial charge in [-0.15, -0.1) is 0 Å². The average molecular weight is 245 g/mol. The number of hydrogen-bond acceptors (Lipinski definition) is 3. The second-order valence-corrected chi connectivity index (χ2v) is 4.59. The van der Waals surface area contributed by atoms with Crippen molar-refractivity contribution in [1.29, 1.82) is 5.26 Å². The molecule has 0 aromatic heterocycles. The fourth-order valence-electron chi connectivity index (χ4n) is 1.64. The van der Waals surface area contributed by atoms with Crippen molar-refractivity contribution in [1.82, 2.24) is 9.80 Å². The van der Waals surface area contributed by atoms with Gasteiger partial charge < -0.3 is 9.80 Å². The molecule has 0 saturated heterocycles. The predicted molar refractivity (Wildman–Crippen MR) is 70.8 cm³/mol. The van der Waals surface area contributed by atoms with Crippen molar-refractivity contribution in [3.8, 4) is 6.07 Å². The maximum Gasteiger partial charge on any atom is 0.223 e. The van der Waals surface area contributed by atoms with Crippen LogP contribution in [0.2, 0.25) is 0 Å². The van der Waals surface area contributed by atoms with E-state index in [9.17, 15) is 4.79 Å². The monoisotopic (exact) mass is 245 g/mol. The van der Waals surface area contributed by atoms with Gasteiger partial charge in [0.15, 0.2) is 0 Å². The van der Waals surface area contributed by atoms with Gasteiger partial charge in [0.05, 0.1) is 11.6 Å². The Bertz CT molecular complexity index is 449. The van der Waals surface area contributed by atoms with Crippen molar-refractivity contribution in [3.63, 3.8) is 0 Å². The quantitative estimate of drug-likeness (QED) is 0.789. The van der Waals surface area contributed by atoms with Crippen LogP contribution in [-0.4, -0.2) is 43.4 Å². The molecule has 0 aliphatic heterocycles. The Morgan fingerprint density at radius 2 is 2.06 bits per heavy atom. The first kappa shape index (κ1) is 14.2. The van der Waals surface area contributed by atoms with Gasteiger partial charge in [0.2, 0.25) is 5.91 Å². The standard InChI is InChI=1S/C14H19N3O/c1-16(2)14(18)7-8-17(3)11-13-6-4-5-12(9-13)10-15/h4-6,9H,7-8,11H2,1-3H3. The molecule has 0 heterocycles. The van der Waals surface area contributed by atoms with E-state index in [0.29, 0.717) is 18.5 Å². The zero-order chi connectivity index (χ0) is 13.5. The molecule has 4 heteroatoms. The van der Waals surface area contributed by atoms with Crippen LogP contribution < -0.4 is 0 Å². The smallest absolute Gasteiger partial charge is 0.223 e. The van der Waals surface area contributed by atoms with E-state index in [2.05, 4.69) is 11.0 Å². The van der Waals surface area contributed by atoms with Crippen LogP contribution in [0.25, 0.3) is 0 Å². The van der Waals surface area contributed by atoms with Crippen LogP contribution in [0.1, 0.15) is 17.5 Å². The van der Waals surface area contributed by atoms with E-state index in [1.165, 1.54) is 0 Å². The van der Waals surface area contributed by atoms with Crippen LogP contribution in [0, 0.1) is 11.3 Å². The molecule has 0 unspecified atom stereocenters. The van der Waals surface area contributed by atoms with E-state index >= 15 is 0 Å². The normalized spacial score (nSPS) is 10.2. The van der Waals surface area contributed by atoms with Crippen molar-refractivity contribution in [2.75, 3.05) is 27.7 Å². The molecule has 0 atom stereocenters. The first-order valence-corrected chi connectivity index (χ1v) is 5.90. The van der Waals surface area contributed by atoms with Gasteiger partial charge in [0.1, 0.15) is 0 Å². The summed E-state index contributed by atoms with van der Waals surface area (Å²) in [6.45, 7) is 1.46. The first-order valence-electron chi connectivity index (χ1n) is 5.90. The number of nitriles is 1. The third-order valence-corrected chi connectivity index (χ3v) is 2.71. The van der Waals surface area contributed by atoms with E-state index in [1.54, 1.807) is 25.1 Å². The third kappa shape index (κ3) is 4.56. The summed E-state index contributed by atoms with van der Waals surface area (Å²) in [5, 5.41) is 8.82. The molecule has 1 aromatic carbocycles. The maximum atomic E-state index is 11.5. The number of amides is 1. The molecule has 1 rings (SSSR count). The van der Waals surface area contributed by atoms with Crippen LogP contribution in [0.15, 0.2) is 24.3 Å². The SMILES string of the molecule is CN(CCC(=O)N(C)C)Cc1cccc(C#N)c1. The van der Waals surface area contributed by atoms with Gasteiger partial charge in [-0.2, -0.15) is 5.26 Å². The summed E-state index contributed by atoms with van der Waals surface area (Å²) >= 11 is 0. The van der Waals surface area contributed by atoms with Crippen LogP contribution in [0.3, 0.4) is 0 Å². The van der Waals surface area contributed by atoms with E-state index < -0.39 is 0 Å². The molecule has 0 saturated carbocycles. The Morgan fingerprint density at radius 1 is 1.33 bits per heavy atom. The van der Waals surface area contributed by atoms with Gasteiger partial charge in [-0.3, -0.25) is 4.79 Å².